The van der Waals surface area contributed by atoms with E-state index in [1.807, 2.05) is 6.07 Å². The van der Waals surface area contributed by atoms with E-state index >= 15 is 0 Å². The molecule has 3 fully saturated rings. The van der Waals surface area contributed by atoms with Gasteiger partial charge in [-0.2, -0.15) is 0 Å². The molecule has 2 heterocycles. The van der Waals surface area contributed by atoms with E-state index in [1.54, 1.807) is 24.1 Å². The van der Waals surface area contributed by atoms with Gasteiger partial charge in [-0.15, -0.1) is 0 Å². The lowest BCUT2D eigenvalue weighted by atomic mass is 10.0. The molecule has 1 amide bonds. The minimum Gasteiger partial charge on any atom is -0.496 e. The van der Waals surface area contributed by atoms with Crippen LogP contribution in [0.25, 0.3) is 0 Å². The van der Waals surface area contributed by atoms with Gasteiger partial charge in [-0.25, -0.2) is 8.78 Å². The van der Waals surface area contributed by atoms with Gasteiger partial charge >= 0.3 is 0 Å². The first-order chi connectivity index (χ1) is 17.7. The quantitative estimate of drug-likeness (QED) is 0.477. The van der Waals surface area contributed by atoms with Gasteiger partial charge < -0.3 is 14.7 Å². The number of halogens is 3. The molecule has 2 aromatic carbocycles. The fraction of sp³-hybridized carbons (Fsp3) is 0.500. The van der Waals surface area contributed by atoms with Crippen molar-refractivity contribution in [1.82, 2.24) is 9.80 Å². The first-order valence-electron chi connectivity index (χ1n) is 12.7. The van der Waals surface area contributed by atoms with Crippen molar-refractivity contribution in [3.8, 4) is 5.75 Å². The highest BCUT2D eigenvalue weighted by molar-refractivity contribution is 6.30. The Balaban J connectivity index is 0.000000190. The molecule has 2 aromatic rings. The van der Waals surface area contributed by atoms with Gasteiger partial charge in [0.25, 0.3) is 12.4 Å². The summed E-state index contributed by atoms with van der Waals surface area (Å²) in [7, 11) is 1.54. The molecule has 1 aliphatic carbocycles. The lowest BCUT2D eigenvalue weighted by molar-refractivity contribution is -0.122. The van der Waals surface area contributed by atoms with E-state index in [0.717, 1.165) is 75.5 Å². The van der Waals surface area contributed by atoms with Gasteiger partial charge in [-0.3, -0.25) is 14.5 Å². The zero-order valence-electron chi connectivity index (χ0n) is 21.4. The Labute approximate surface area is 222 Å². The van der Waals surface area contributed by atoms with Crippen LogP contribution in [-0.2, 0) is 11.3 Å². The maximum absolute atomic E-state index is 14.1. The predicted molar refractivity (Wildman–Crippen MR) is 139 cm³/mol. The third-order valence-corrected chi connectivity index (χ3v) is 7.01. The highest BCUT2D eigenvalue weighted by atomic mass is 35.5. The van der Waals surface area contributed by atoms with E-state index in [0.29, 0.717) is 16.7 Å². The first kappa shape index (κ1) is 28.9. The molecule has 2 saturated heterocycles. The number of hydrogen-bond donors (Lipinski definition) is 1. The minimum absolute atomic E-state index is 0.181. The average molecular weight is 537 g/mol. The standard InChI is InChI=1S/C15H18FNO2.C12H15ClFN.CH2O2/c1-19-14-9-13(16)12(8-11(14)10-4-5-10)15(18)17-6-2-3-7-17;1-9-2-3-15(7-9)8-10-4-11(13)6-12(14)5-10;2-1-3/h8-10H,2-7H2,1H3;4-6,9H,2-3,7-8H2,1H3;1H,(H,2,3). The van der Waals surface area contributed by atoms with Crippen LogP contribution in [-0.4, -0.2) is 60.6 Å². The third kappa shape index (κ3) is 8.40. The smallest absolute Gasteiger partial charge is 0.290 e. The Hall–Kier alpha value is -2.71. The molecule has 1 atom stereocenters. The fourth-order valence-corrected chi connectivity index (χ4v) is 5.09. The molecule has 1 saturated carbocycles. The lowest BCUT2D eigenvalue weighted by Gasteiger charge is -2.17. The molecule has 37 heavy (non-hydrogen) atoms. The van der Waals surface area contributed by atoms with Crippen LogP contribution in [0.2, 0.25) is 5.02 Å². The Morgan fingerprint density at radius 2 is 1.78 bits per heavy atom. The molecule has 2 aliphatic heterocycles. The molecule has 1 unspecified atom stereocenters. The second-order valence-corrected chi connectivity index (χ2v) is 10.3. The largest absolute Gasteiger partial charge is 0.496 e. The van der Waals surface area contributed by atoms with Crippen LogP contribution in [0.15, 0.2) is 30.3 Å². The SMILES string of the molecule is CC1CCN(Cc2cc(F)cc(Cl)c2)C1.COc1cc(F)c(C(=O)N2CCCC2)cc1C1CC1.O=CO. The zero-order chi connectivity index (χ0) is 26.9. The number of ether oxygens (including phenoxy) is 1. The molecule has 6 nitrogen and oxygen atoms in total. The Morgan fingerprint density at radius 3 is 2.32 bits per heavy atom. The van der Waals surface area contributed by atoms with Crippen LogP contribution >= 0.6 is 11.6 Å². The summed E-state index contributed by atoms with van der Waals surface area (Å²) >= 11 is 5.81. The average Bonchev–Trinajstić information content (AvgIpc) is 3.37. The molecule has 0 spiro atoms. The summed E-state index contributed by atoms with van der Waals surface area (Å²) in [5.41, 5.74) is 2.14. The number of carbonyl (C=O) groups excluding carboxylic acids is 1. The van der Waals surface area contributed by atoms with Gasteiger partial charge in [0.15, 0.2) is 0 Å². The number of hydrogen-bond acceptors (Lipinski definition) is 4. The highest BCUT2D eigenvalue weighted by Gasteiger charge is 2.30. The zero-order valence-corrected chi connectivity index (χ0v) is 22.1. The molecule has 202 valence electrons. The van der Waals surface area contributed by atoms with Crippen molar-refractivity contribution in [2.45, 2.75) is 51.5 Å². The van der Waals surface area contributed by atoms with E-state index < -0.39 is 5.82 Å². The number of carbonyl (C=O) groups is 2. The van der Waals surface area contributed by atoms with Crippen molar-refractivity contribution < 1.29 is 28.2 Å². The summed E-state index contributed by atoms with van der Waals surface area (Å²) in [5, 5.41) is 7.37. The van der Waals surface area contributed by atoms with Crippen molar-refractivity contribution in [2.75, 3.05) is 33.3 Å². The van der Waals surface area contributed by atoms with Gasteiger partial charge in [0.05, 0.1) is 12.7 Å². The number of carboxylic acid groups (broad SMARTS) is 1. The van der Waals surface area contributed by atoms with E-state index in [4.69, 9.17) is 26.2 Å². The predicted octanol–water partition coefficient (Wildman–Crippen LogP) is 5.97. The molecule has 1 N–H and O–H groups in total. The molecular formula is C28H35ClF2N2O4. The van der Waals surface area contributed by atoms with Gasteiger partial charge in [-0.1, -0.05) is 18.5 Å². The van der Waals surface area contributed by atoms with Crippen molar-refractivity contribution in [2.24, 2.45) is 5.92 Å². The maximum atomic E-state index is 14.1. The number of amides is 1. The number of likely N-dealkylation sites (tertiary alicyclic amines) is 2. The number of benzene rings is 2. The molecule has 0 aromatic heterocycles. The summed E-state index contributed by atoms with van der Waals surface area (Å²) in [5.74, 6) is 0.857. The number of methoxy groups -OCH3 is 1. The molecule has 0 radical (unpaired) electrons. The minimum atomic E-state index is -0.474. The molecular weight excluding hydrogens is 502 g/mol. The number of rotatable bonds is 5. The normalized spacial score (nSPS) is 18.9. The van der Waals surface area contributed by atoms with Crippen LogP contribution in [0.4, 0.5) is 8.78 Å². The van der Waals surface area contributed by atoms with E-state index in [2.05, 4.69) is 11.8 Å². The third-order valence-electron chi connectivity index (χ3n) is 6.80. The van der Waals surface area contributed by atoms with Gasteiger partial charge in [0, 0.05) is 37.3 Å². The van der Waals surface area contributed by atoms with Crippen LogP contribution < -0.4 is 4.74 Å². The second kappa shape index (κ2) is 13.7. The van der Waals surface area contributed by atoms with Crippen LogP contribution in [0.3, 0.4) is 0 Å². The highest BCUT2D eigenvalue weighted by Crippen LogP contribution is 2.45. The van der Waals surface area contributed by atoms with E-state index in [1.165, 1.54) is 18.6 Å². The van der Waals surface area contributed by atoms with Crippen molar-refractivity contribution in [3.05, 3.63) is 63.7 Å². The van der Waals surface area contributed by atoms with Crippen LogP contribution in [0.5, 0.6) is 5.75 Å². The van der Waals surface area contributed by atoms with E-state index in [-0.39, 0.29) is 23.8 Å². The van der Waals surface area contributed by atoms with Crippen molar-refractivity contribution in [3.63, 3.8) is 0 Å². The summed E-state index contributed by atoms with van der Waals surface area (Å²) < 4.78 is 32.4. The molecule has 5 rings (SSSR count). The van der Waals surface area contributed by atoms with Crippen molar-refractivity contribution >= 4 is 24.0 Å². The van der Waals surface area contributed by atoms with Gasteiger partial charge in [0.1, 0.15) is 17.4 Å². The second-order valence-electron chi connectivity index (χ2n) is 9.86. The van der Waals surface area contributed by atoms with Crippen LogP contribution in [0.1, 0.15) is 66.4 Å². The van der Waals surface area contributed by atoms with Gasteiger partial charge in [-0.05, 0) is 85.9 Å². The maximum Gasteiger partial charge on any atom is 0.290 e. The lowest BCUT2D eigenvalue weighted by Crippen LogP contribution is -2.28. The summed E-state index contributed by atoms with van der Waals surface area (Å²) in [6.45, 7) is 6.50. The summed E-state index contributed by atoms with van der Waals surface area (Å²) in [6, 6.07) is 7.81. The first-order valence-corrected chi connectivity index (χ1v) is 13.0. The van der Waals surface area contributed by atoms with Crippen molar-refractivity contribution in [1.29, 1.82) is 0 Å². The van der Waals surface area contributed by atoms with Gasteiger partial charge in [0.2, 0.25) is 0 Å². The molecule has 9 heteroatoms. The monoisotopic (exact) mass is 536 g/mol. The summed E-state index contributed by atoms with van der Waals surface area (Å²) in [6.07, 6.45) is 5.46. The van der Waals surface area contributed by atoms with Crippen LogP contribution in [0, 0.1) is 17.6 Å². The molecule has 3 aliphatic rings. The Bertz CT molecular complexity index is 1050. The fourth-order valence-electron chi connectivity index (χ4n) is 4.85. The van der Waals surface area contributed by atoms with E-state index in [9.17, 15) is 13.6 Å². The molecule has 0 bridgehead atoms. The topological polar surface area (TPSA) is 70.1 Å². The Morgan fingerprint density at radius 1 is 1.11 bits per heavy atom. The Kier molecular flexibility index (Phi) is 10.7. The summed E-state index contributed by atoms with van der Waals surface area (Å²) in [4.78, 5) is 24.7. The number of nitrogens with zero attached hydrogens (tertiary/aromatic N) is 2.